The van der Waals surface area contributed by atoms with Gasteiger partial charge in [0.25, 0.3) is 0 Å². The normalized spacial score (nSPS) is 24.1. The van der Waals surface area contributed by atoms with Gasteiger partial charge in [-0.25, -0.2) is 0 Å². The molecule has 0 aliphatic carbocycles. The quantitative estimate of drug-likeness (QED) is 0.859. The van der Waals surface area contributed by atoms with Crippen molar-refractivity contribution in [3.05, 3.63) is 42.0 Å². The van der Waals surface area contributed by atoms with Gasteiger partial charge in [0.15, 0.2) is 0 Å². The van der Waals surface area contributed by atoms with Crippen LogP contribution in [0.1, 0.15) is 19.4 Å². The molecule has 0 bridgehead atoms. The standard InChI is InChI=1S/C19H23NO3S/c1-13-14(2)24(22)10-9-20(13)19(21)11-16-6-4-5-15-7-8-17(23-3)12-18(15)16/h4-8,12-14H,9-11H2,1-3H3/t13-,14+,24+/m0/s1. The number of nitrogens with zero attached hydrogens (tertiary/aromatic N) is 1. The Morgan fingerprint density at radius 2 is 2.08 bits per heavy atom. The van der Waals surface area contributed by atoms with E-state index in [9.17, 15) is 9.00 Å². The average molecular weight is 345 g/mol. The van der Waals surface area contributed by atoms with Crippen LogP contribution in [-0.4, -0.2) is 45.7 Å². The number of amides is 1. The van der Waals surface area contributed by atoms with Gasteiger partial charge in [-0.15, -0.1) is 0 Å². The molecule has 0 radical (unpaired) electrons. The Morgan fingerprint density at radius 1 is 1.29 bits per heavy atom. The second-order valence-corrected chi connectivity index (χ2v) is 8.21. The van der Waals surface area contributed by atoms with Crippen LogP contribution in [0, 0.1) is 0 Å². The molecule has 2 aromatic carbocycles. The smallest absolute Gasteiger partial charge is 0.227 e. The van der Waals surface area contributed by atoms with Gasteiger partial charge in [0.1, 0.15) is 5.75 Å². The molecule has 4 nitrogen and oxygen atoms in total. The van der Waals surface area contributed by atoms with Crippen molar-refractivity contribution >= 4 is 27.5 Å². The first-order chi connectivity index (χ1) is 11.5. The predicted molar refractivity (Wildman–Crippen MR) is 97.9 cm³/mol. The molecule has 0 N–H and O–H groups in total. The van der Waals surface area contributed by atoms with Crippen molar-refractivity contribution in [1.29, 1.82) is 0 Å². The fourth-order valence-electron chi connectivity index (χ4n) is 3.26. The first kappa shape index (κ1) is 17.0. The number of hydrogen-bond donors (Lipinski definition) is 0. The highest BCUT2D eigenvalue weighted by Crippen LogP contribution is 2.25. The molecule has 3 rings (SSSR count). The molecule has 24 heavy (non-hydrogen) atoms. The Hall–Kier alpha value is -1.88. The lowest BCUT2D eigenvalue weighted by atomic mass is 10.0. The molecule has 5 heteroatoms. The van der Waals surface area contributed by atoms with Crippen molar-refractivity contribution in [2.45, 2.75) is 31.6 Å². The SMILES string of the molecule is COc1ccc2cccc(CC(=O)N3CC[S@@](=O)[C@H](C)[C@@H]3C)c2c1. The zero-order valence-corrected chi connectivity index (χ0v) is 15.1. The third-order valence-corrected chi connectivity index (χ3v) is 6.77. The van der Waals surface area contributed by atoms with Crippen LogP contribution in [0.3, 0.4) is 0 Å². The maximum absolute atomic E-state index is 12.8. The molecule has 2 aromatic rings. The highest BCUT2D eigenvalue weighted by atomic mass is 32.2. The van der Waals surface area contributed by atoms with E-state index in [1.54, 1.807) is 7.11 Å². The molecular formula is C19H23NO3S. The largest absolute Gasteiger partial charge is 0.497 e. The maximum Gasteiger partial charge on any atom is 0.227 e. The summed E-state index contributed by atoms with van der Waals surface area (Å²) < 4.78 is 17.2. The predicted octanol–water partition coefficient (Wildman–Crippen LogP) is 2.76. The Bertz CT molecular complexity index is 789. The number of carbonyl (C=O) groups excluding carboxylic acids is 1. The number of hydrogen-bond acceptors (Lipinski definition) is 3. The number of benzene rings is 2. The summed E-state index contributed by atoms with van der Waals surface area (Å²) in [7, 11) is 0.809. The number of ether oxygens (including phenoxy) is 1. The minimum atomic E-state index is -0.836. The maximum atomic E-state index is 12.8. The van der Waals surface area contributed by atoms with Crippen LogP contribution in [0.4, 0.5) is 0 Å². The molecule has 3 atom stereocenters. The number of methoxy groups -OCH3 is 1. The summed E-state index contributed by atoms with van der Waals surface area (Å²) in [5, 5.41) is 2.17. The van der Waals surface area contributed by atoms with Crippen LogP contribution < -0.4 is 4.74 Å². The molecule has 1 fully saturated rings. The van der Waals surface area contributed by atoms with Crippen LogP contribution in [0.15, 0.2) is 36.4 Å². The van der Waals surface area contributed by atoms with Crippen LogP contribution in [0.5, 0.6) is 5.75 Å². The summed E-state index contributed by atoms with van der Waals surface area (Å²) in [5.74, 6) is 1.46. The first-order valence-corrected chi connectivity index (χ1v) is 9.61. The lowest BCUT2D eigenvalue weighted by Gasteiger charge is -2.37. The molecule has 0 spiro atoms. The van der Waals surface area contributed by atoms with Gasteiger partial charge >= 0.3 is 0 Å². The van der Waals surface area contributed by atoms with Gasteiger partial charge in [-0.05, 0) is 42.3 Å². The zero-order valence-electron chi connectivity index (χ0n) is 14.3. The molecule has 1 aliphatic heterocycles. The lowest BCUT2D eigenvalue weighted by Crippen LogP contribution is -2.52. The van der Waals surface area contributed by atoms with Crippen molar-refractivity contribution in [2.24, 2.45) is 0 Å². The van der Waals surface area contributed by atoms with Gasteiger partial charge in [0, 0.05) is 29.1 Å². The second-order valence-electron chi connectivity index (χ2n) is 6.30. The Kier molecular flexibility index (Phi) is 4.90. The van der Waals surface area contributed by atoms with E-state index in [-0.39, 0.29) is 17.2 Å². The third kappa shape index (κ3) is 3.18. The molecule has 128 valence electrons. The molecule has 0 unspecified atom stereocenters. The lowest BCUT2D eigenvalue weighted by molar-refractivity contribution is -0.132. The average Bonchev–Trinajstić information content (AvgIpc) is 2.59. The van der Waals surface area contributed by atoms with E-state index in [2.05, 4.69) is 0 Å². The zero-order chi connectivity index (χ0) is 17.3. The van der Waals surface area contributed by atoms with Gasteiger partial charge in [-0.1, -0.05) is 24.3 Å². The second kappa shape index (κ2) is 6.93. The van der Waals surface area contributed by atoms with E-state index in [0.717, 1.165) is 22.1 Å². The van der Waals surface area contributed by atoms with Crippen molar-refractivity contribution in [1.82, 2.24) is 4.90 Å². The number of fused-ring (bicyclic) bond motifs is 1. The van der Waals surface area contributed by atoms with Crippen molar-refractivity contribution < 1.29 is 13.7 Å². The first-order valence-electron chi connectivity index (χ1n) is 8.23. The molecular weight excluding hydrogens is 322 g/mol. The summed E-state index contributed by atoms with van der Waals surface area (Å²) in [6.07, 6.45) is 0.355. The monoisotopic (exact) mass is 345 g/mol. The molecule has 1 saturated heterocycles. The highest BCUT2D eigenvalue weighted by molar-refractivity contribution is 7.85. The molecule has 1 heterocycles. The van der Waals surface area contributed by atoms with Gasteiger partial charge in [0.05, 0.1) is 18.8 Å². The summed E-state index contributed by atoms with van der Waals surface area (Å²) in [5.41, 5.74) is 1.00. The number of rotatable bonds is 3. The summed E-state index contributed by atoms with van der Waals surface area (Å²) in [6, 6.07) is 11.9. The molecule has 1 aliphatic rings. The Labute approximate surface area is 145 Å². The van der Waals surface area contributed by atoms with E-state index in [4.69, 9.17) is 4.74 Å². The van der Waals surface area contributed by atoms with Gasteiger partial charge < -0.3 is 9.64 Å². The number of carbonyl (C=O) groups is 1. The summed E-state index contributed by atoms with van der Waals surface area (Å²) in [6.45, 7) is 4.53. The fraction of sp³-hybridized carbons (Fsp3) is 0.421. The summed E-state index contributed by atoms with van der Waals surface area (Å²) >= 11 is 0. The van der Waals surface area contributed by atoms with E-state index >= 15 is 0 Å². The Morgan fingerprint density at radius 3 is 2.83 bits per heavy atom. The highest BCUT2D eigenvalue weighted by Gasteiger charge is 2.32. The minimum Gasteiger partial charge on any atom is -0.497 e. The van der Waals surface area contributed by atoms with Crippen LogP contribution in [0.2, 0.25) is 0 Å². The van der Waals surface area contributed by atoms with Crippen molar-refractivity contribution in [2.75, 3.05) is 19.4 Å². The Balaban J connectivity index is 1.87. The molecule has 0 saturated carbocycles. The van der Waals surface area contributed by atoms with Crippen molar-refractivity contribution in [3.63, 3.8) is 0 Å². The third-order valence-electron chi connectivity index (χ3n) is 4.96. The minimum absolute atomic E-state index is 0.0107. The van der Waals surface area contributed by atoms with Gasteiger partial charge in [-0.3, -0.25) is 9.00 Å². The van der Waals surface area contributed by atoms with Crippen LogP contribution in [0.25, 0.3) is 10.8 Å². The summed E-state index contributed by atoms with van der Waals surface area (Å²) in [4.78, 5) is 14.7. The van der Waals surface area contributed by atoms with E-state index < -0.39 is 10.8 Å². The van der Waals surface area contributed by atoms with Crippen LogP contribution in [-0.2, 0) is 22.0 Å². The van der Waals surface area contributed by atoms with Crippen LogP contribution >= 0.6 is 0 Å². The van der Waals surface area contributed by atoms with Gasteiger partial charge in [-0.2, -0.15) is 0 Å². The molecule has 1 amide bonds. The molecule has 0 aromatic heterocycles. The van der Waals surface area contributed by atoms with E-state index in [1.807, 2.05) is 55.1 Å². The van der Waals surface area contributed by atoms with E-state index in [1.165, 1.54) is 0 Å². The fourth-order valence-corrected chi connectivity index (χ4v) is 4.60. The topological polar surface area (TPSA) is 46.6 Å². The van der Waals surface area contributed by atoms with E-state index in [0.29, 0.717) is 18.7 Å². The van der Waals surface area contributed by atoms with Gasteiger partial charge in [0.2, 0.25) is 5.91 Å². The van der Waals surface area contributed by atoms with Crippen molar-refractivity contribution in [3.8, 4) is 5.75 Å².